The summed E-state index contributed by atoms with van der Waals surface area (Å²) in [6, 6.07) is 6.03. The minimum atomic E-state index is 0.808. The normalized spacial score (nSPS) is 10.2. The fourth-order valence-corrected chi connectivity index (χ4v) is 2.21. The highest BCUT2D eigenvalue weighted by Crippen LogP contribution is 2.19. The van der Waals surface area contributed by atoms with Crippen LogP contribution in [-0.2, 0) is 11.8 Å². The van der Waals surface area contributed by atoms with Gasteiger partial charge >= 0.3 is 0 Å². The van der Waals surface area contributed by atoms with Crippen molar-refractivity contribution < 1.29 is 0 Å². The molecule has 3 heteroatoms. The van der Waals surface area contributed by atoms with Crippen LogP contribution in [0.3, 0.4) is 0 Å². The molecule has 0 radical (unpaired) electrons. The summed E-state index contributed by atoms with van der Waals surface area (Å²) >= 11 is 12.7. The predicted octanol–water partition coefficient (Wildman–Crippen LogP) is 4.17. The van der Waals surface area contributed by atoms with E-state index in [2.05, 4.69) is 37.9 Å². The van der Waals surface area contributed by atoms with Crippen LogP contribution in [0.2, 0.25) is 5.02 Å². The lowest BCUT2D eigenvalue weighted by molar-refractivity contribution is 1.13. The zero-order valence-electron chi connectivity index (χ0n) is 6.49. The second-order valence-electron chi connectivity index (χ2n) is 2.49. The molecule has 0 heterocycles. The summed E-state index contributed by atoms with van der Waals surface area (Å²) in [6.45, 7) is 0. The summed E-state index contributed by atoms with van der Waals surface area (Å²) in [5.74, 6) is 0. The summed E-state index contributed by atoms with van der Waals surface area (Å²) in [5.41, 5.74) is 2.63. The van der Waals surface area contributed by atoms with E-state index in [-0.39, 0.29) is 0 Å². The zero-order valence-corrected chi connectivity index (χ0v) is 10.4. The fourth-order valence-electron chi connectivity index (χ4n) is 1.06. The van der Waals surface area contributed by atoms with Crippen LogP contribution in [0.4, 0.5) is 0 Å². The first-order chi connectivity index (χ1) is 5.77. The van der Waals surface area contributed by atoms with Crippen molar-refractivity contribution in [2.24, 2.45) is 0 Å². The molecule has 0 spiro atoms. The number of hydrogen-bond acceptors (Lipinski definition) is 0. The highest BCUT2D eigenvalue weighted by molar-refractivity contribution is 9.09. The van der Waals surface area contributed by atoms with E-state index in [4.69, 9.17) is 11.6 Å². The summed E-state index contributed by atoms with van der Waals surface area (Å²) in [6.07, 6.45) is 1.05. The highest BCUT2D eigenvalue weighted by Gasteiger charge is 2.00. The van der Waals surface area contributed by atoms with E-state index < -0.39 is 0 Å². The Morgan fingerprint density at radius 1 is 1.17 bits per heavy atom. The third kappa shape index (κ3) is 2.75. The molecule has 1 rings (SSSR count). The molecule has 0 saturated carbocycles. The molecule has 0 aliphatic carbocycles. The van der Waals surface area contributed by atoms with Crippen molar-refractivity contribution in [1.82, 2.24) is 0 Å². The van der Waals surface area contributed by atoms with Crippen molar-refractivity contribution in [2.45, 2.75) is 11.8 Å². The standard InChI is InChI=1S/C9H9Br2Cl/c10-4-3-7-1-2-9(12)5-8(7)6-11/h1-2,5H,3-4,6H2. The molecule has 66 valence electrons. The van der Waals surface area contributed by atoms with E-state index in [1.165, 1.54) is 11.1 Å². The molecule has 0 aliphatic rings. The topological polar surface area (TPSA) is 0 Å². The van der Waals surface area contributed by atoms with Crippen LogP contribution in [0.5, 0.6) is 0 Å². The van der Waals surface area contributed by atoms with Crippen molar-refractivity contribution >= 4 is 43.5 Å². The lowest BCUT2D eigenvalue weighted by atomic mass is 10.1. The van der Waals surface area contributed by atoms with Gasteiger partial charge in [0.1, 0.15) is 0 Å². The van der Waals surface area contributed by atoms with Gasteiger partial charge in [0.25, 0.3) is 0 Å². The van der Waals surface area contributed by atoms with Gasteiger partial charge in [-0.15, -0.1) is 0 Å². The van der Waals surface area contributed by atoms with Gasteiger partial charge in [0.05, 0.1) is 0 Å². The molecule has 12 heavy (non-hydrogen) atoms. The quantitative estimate of drug-likeness (QED) is 0.735. The molecule has 0 atom stereocenters. The Kier molecular flexibility index (Phi) is 4.62. The Bertz CT molecular complexity index is 261. The number of aryl methyl sites for hydroxylation is 1. The van der Waals surface area contributed by atoms with E-state index in [9.17, 15) is 0 Å². The largest absolute Gasteiger partial charge is 0.0924 e. The Balaban J connectivity index is 2.94. The molecule has 0 fully saturated rings. The summed E-state index contributed by atoms with van der Waals surface area (Å²) in [5, 5.41) is 2.67. The first kappa shape index (κ1) is 10.6. The third-order valence-electron chi connectivity index (χ3n) is 1.68. The Morgan fingerprint density at radius 2 is 1.92 bits per heavy atom. The molecule has 1 aromatic rings. The SMILES string of the molecule is Clc1ccc(CCBr)c(CBr)c1. The maximum absolute atomic E-state index is 5.86. The smallest absolute Gasteiger partial charge is 0.0409 e. The minimum absolute atomic E-state index is 0.808. The Morgan fingerprint density at radius 3 is 2.50 bits per heavy atom. The monoisotopic (exact) mass is 310 g/mol. The highest BCUT2D eigenvalue weighted by atomic mass is 79.9. The molecule has 0 nitrogen and oxygen atoms in total. The van der Waals surface area contributed by atoms with Crippen LogP contribution in [0.25, 0.3) is 0 Å². The number of rotatable bonds is 3. The lowest BCUT2D eigenvalue weighted by Gasteiger charge is -2.05. The number of alkyl halides is 2. The molecule has 0 aliphatic heterocycles. The van der Waals surface area contributed by atoms with Gasteiger partial charge in [0, 0.05) is 15.7 Å². The van der Waals surface area contributed by atoms with Crippen molar-refractivity contribution in [3.63, 3.8) is 0 Å². The molecular weight excluding hydrogens is 303 g/mol. The summed E-state index contributed by atoms with van der Waals surface area (Å²) < 4.78 is 0. The van der Waals surface area contributed by atoms with Crippen LogP contribution in [0.1, 0.15) is 11.1 Å². The van der Waals surface area contributed by atoms with Gasteiger partial charge in [-0.25, -0.2) is 0 Å². The van der Waals surface area contributed by atoms with E-state index in [0.717, 1.165) is 22.1 Å². The van der Waals surface area contributed by atoms with Crippen molar-refractivity contribution in [3.05, 3.63) is 34.3 Å². The average molecular weight is 312 g/mol. The van der Waals surface area contributed by atoms with E-state index in [0.29, 0.717) is 0 Å². The summed E-state index contributed by atoms with van der Waals surface area (Å²) in [7, 11) is 0. The van der Waals surface area contributed by atoms with Crippen molar-refractivity contribution in [2.75, 3.05) is 5.33 Å². The Hall–Kier alpha value is 0.470. The van der Waals surface area contributed by atoms with Crippen LogP contribution in [-0.4, -0.2) is 5.33 Å². The molecule has 1 aromatic carbocycles. The van der Waals surface area contributed by atoms with E-state index in [1.807, 2.05) is 12.1 Å². The van der Waals surface area contributed by atoms with Crippen molar-refractivity contribution in [1.29, 1.82) is 0 Å². The fraction of sp³-hybridized carbons (Fsp3) is 0.333. The second kappa shape index (κ2) is 5.25. The van der Waals surface area contributed by atoms with Gasteiger partial charge in [-0.2, -0.15) is 0 Å². The van der Waals surface area contributed by atoms with Crippen LogP contribution >= 0.6 is 43.5 Å². The molecule has 0 saturated heterocycles. The first-order valence-corrected chi connectivity index (χ1v) is 6.29. The molecule has 0 bridgehead atoms. The van der Waals surface area contributed by atoms with E-state index in [1.54, 1.807) is 0 Å². The summed E-state index contributed by atoms with van der Waals surface area (Å²) in [4.78, 5) is 0. The molecule has 0 aromatic heterocycles. The lowest BCUT2D eigenvalue weighted by Crippen LogP contribution is -1.92. The van der Waals surface area contributed by atoms with Crippen LogP contribution < -0.4 is 0 Å². The van der Waals surface area contributed by atoms with Crippen LogP contribution in [0, 0.1) is 0 Å². The number of halogens is 3. The number of benzene rings is 1. The van der Waals surface area contributed by atoms with Gasteiger partial charge in [0.2, 0.25) is 0 Å². The number of hydrogen-bond donors (Lipinski definition) is 0. The van der Waals surface area contributed by atoms with Crippen LogP contribution in [0.15, 0.2) is 18.2 Å². The first-order valence-electron chi connectivity index (χ1n) is 3.67. The van der Waals surface area contributed by atoms with Gasteiger partial charge in [-0.3, -0.25) is 0 Å². The van der Waals surface area contributed by atoms with E-state index >= 15 is 0 Å². The molecule has 0 unspecified atom stereocenters. The Labute approximate surface area is 94.6 Å². The van der Waals surface area contributed by atoms with Crippen molar-refractivity contribution in [3.8, 4) is 0 Å². The molecule has 0 amide bonds. The average Bonchev–Trinajstić information content (AvgIpc) is 2.08. The molecule has 0 N–H and O–H groups in total. The van der Waals surface area contributed by atoms with Gasteiger partial charge < -0.3 is 0 Å². The second-order valence-corrected chi connectivity index (χ2v) is 4.28. The maximum Gasteiger partial charge on any atom is 0.0409 e. The predicted molar refractivity (Wildman–Crippen MR) is 61.6 cm³/mol. The minimum Gasteiger partial charge on any atom is -0.0924 e. The third-order valence-corrected chi connectivity index (χ3v) is 2.91. The zero-order chi connectivity index (χ0) is 8.97. The van der Waals surface area contributed by atoms with Gasteiger partial charge in [-0.05, 0) is 29.7 Å². The maximum atomic E-state index is 5.86. The van der Waals surface area contributed by atoms with Gasteiger partial charge in [-0.1, -0.05) is 49.5 Å². The van der Waals surface area contributed by atoms with Gasteiger partial charge in [0.15, 0.2) is 0 Å². The molecular formula is C9H9Br2Cl.